The first-order chi connectivity index (χ1) is 14.2. The smallest absolute Gasteiger partial charge is 0.240 e. The first kappa shape index (κ1) is 19.5. The summed E-state index contributed by atoms with van der Waals surface area (Å²) in [6.45, 7) is 7.79. The Morgan fingerprint density at radius 1 is 0.900 bits per heavy atom. The van der Waals surface area contributed by atoms with Crippen molar-refractivity contribution in [1.82, 2.24) is 0 Å². The molecular formula is C24H24NO4P. The average Bonchev–Trinajstić information content (AvgIpc) is 2.93. The number of aryl methyl sites for hydroxylation is 3. The van der Waals surface area contributed by atoms with E-state index in [9.17, 15) is 14.2 Å². The van der Waals surface area contributed by atoms with E-state index in [0.717, 1.165) is 22.3 Å². The van der Waals surface area contributed by atoms with E-state index in [-0.39, 0.29) is 11.8 Å². The van der Waals surface area contributed by atoms with Crippen molar-refractivity contribution < 1.29 is 18.7 Å². The highest BCUT2D eigenvalue weighted by Gasteiger charge is 2.66. The van der Waals surface area contributed by atoms with Gasteiger partial charge in [0.1, 0.15) is 0 Å². The second kappa shape index (κ2) is 6.50. The largest absolute Gasteiger partial charge is 0.316 e. The quantitative estimate of drug-likeness (QED) is 0.417. The second-order valence-electron chi connectivity index (χ2n) is 8.67. The topological polar surface area (TPSA) is 63.7 Å². The van der Waals surface area contributed by atoms with Crippen LogP contribution in [-0.4, -0.2) is 23.6 Å². The van der Waals surface area contributed by atoms with E-state index >= 15 is 0 Å². The molecule has 2 saturated heterocycles. The van der Waals surface area contributed by atoms with Gasteiger partial charge in [-0.2, -0.15) is 0 Å². The number of amides is 2. The number of nitrogens with zero attached hydrogens (tertiary/aromatic N) is 1. The fourth-order valence-corrected chi connectivity index (χ4v) is 9.18. The first-order valence-corrected chi connectivity index (χ1v) is 11.9. The van der Waals surface area contributed by atoms with Gasteiger partial charge in [-0.05, 0) is 51.0 Å². The summed E-state index contributed by atoms with van der Waals surface area (Å²) in [5.41, 5.74) is 3.73. The summed E-state index contributed by atoms with van der Waals surface area (Å²) >= 11 is 0. The Balaban J connectivity index is 1.66. The predicted octanol–water partition coefficient (Wildman–Crippen LogP) is 4.05. The molecule has 1 aliphatic carbocycles. The molecule has 2 bridgehead atoms. The van der Waals surface area contributed by atoms with Gasteiger partial charge >= 0.3 is 0 Å². The lowest BCUT2D eigenvalue weighted by atomic mass is 9.79. The molecule has 3 heterocycles. The van der Waals surface area contributed by atoms with E-state index in [4.69, 9.17) is 4.52 Å². The third kappa shape index (κ3) is 2.49. The van der Waals surface area contributed by atoms with Crippen LogP contribution in [0.15, 0.2) is 54.1 Å². The highest BCUT2D eigenvalue weighted by molar-refractivity contribution is 7.68. The third-order valence-electron chi connectivity index (χ3n) is 6.59. The van der Waals surface area contributed by atoms with Gasteiger partial charge in [0.05, 0.1) is 29.3 Å². The van der Waals surface area contributed by atoms with Crippen molar-refractivity contribution in [3.8, 4) is 0 Å². The fourth-order valence-electron chi connectivity index (χ4n) is 5.64. The van der Waals surface area contributed by atoms with Gasteiger partial charge in [0.15, 0.2) is 0 Å². The standard InChI is InChI=1S/C24H24NO4P/c1-13-10-14(2)21(15(3)11-13)30(28)22-16(4)12-18(29-30)19-20(22)24(27)25(23(19)26)17-8-6-5-7-9-17/h5-12,18-20,22H,1-4H3/t18-,19+,20+,22+,30?/m0/s1. The molecule has 0 N–H and O–H groups in total. The van der Waals surface area contributed by atoms with Gasteiger partial charge in [0.25, 0.3) is 0 Å². The second-order valence-corrected chi connectivity index (χ2v) is 11.1. The maximum Gasteiger partial charge on any atom is 0.240 e. The van der Waals surface area contributed by atoms with Gasteiger partial charge in [0.2, 0.25) is 19.2 Å². The molecule has 2 aromatic rings. The van der Waals surface area contributed by atoms with E-state index in [1.165, 1.54) is 4.90 Å². The molecule has 5 nitrogen and oxygen atoms in total. The minimum absolute atomic E-state index is 0.265. The molecule has 3 aliphatic heterocycles. The van der Waals surface area contributed by atoms with Gasteiger partial charge in [0, 0.05) is 5.30 Å². The normalized spacial score (nSPS) is 32.4. The van der Waals surface area contributed by atoms with Crippen LogP contribution >= 0.6 is 7.37 Å². The van der Waals surface area contributed by atoms with Crippen molar-refractivity contribution in [2.45, 2.75) is 39.5 Å². The Morgan fingerprint density at radius 3 is 2.13 bits per heavy atom. The maximum absolute atomic E-state index is 14.5. The summed E-state index contributed by atoms with van der Waals surface area (Å²) in [6, 6.07) is 13.0. The average molecular weight is 421 g/mol. The zero-order valence-corrected chi connectivity index (χ0v) is 18.4. The molecule has 0 radical (unpaired) electrons. The first-order valence-electron chi connectivity index (χ1n) is 10.2. The van der Waals surface area contributed by atoms with Gasteiger partial charge in [-0.15, -0.1) is 0 Å². The summed E-state index contributed by atoms with van der Waals surface area (Å²) in [5, 5.41) is 0.701. The highest BCUT2D eigenvalue weighted by Crippen LogP contribution is 2.67. The van der Waals surface area contributed by atoms with Gasteiger partial charge < -0.3 is 4.52 Å². The summed E-state index contributed by atoms with van der Waals surface area (Å²) in [5.74, 6) is -1.82. The predicted molar refractivity (Wildman–Crippen MR) is 116 cm³/mol. The van der Waals surface area contributed by atoms with Crippen LogP contribution in [0.5, 0.6) is 0 Å². The van der Waals surface area contributed by atoms with Crippen LogP contribution in [0, 0.1) is 32.6 Å². The molecule has 2 amide bonds. The Hall–Kier alpha value is -2.49. The third-order valence-corrected chi connectivity index (χ3v) is 9.94. The fraction of sp³-hybridized carbons (Fsp3) is 0.333. The van der Waals surface area contributed by atoms with E-state index in [1.807, 2.05) is 52.0 Å². The molecule has 154 valence electrons. The Kier molecular flexibility index (Phi) is 4.22. The van der Waals surface area contributed by atoms with Crippen molar-refractivity contribution in [2.24, 2.45) is 11.8 Å². The van der Waals surface area contributed by atoms with Crippen LogP contribution in [-0.2, 0) is 18.7 Å². The SMILES string of the molecule is CC1=C[C@@H]2OP(=O)(c3c(C)cc(C)cc3C)[C@H]1[C@@H]1C(=O)N(c3ccccc3)C(=O)[C@@H]12. The minimum atomic E-state index is -3.40. The number of allylic oxidation sites excluding steroid dienone is 1. The number of fused-ring (bicyclic) bond motifs is 1. The van der Waals surface area contributed by atoms with E-state index in [0.29, 0.717) is 11.0 Å². The number of carbonyl (C=O) groups is 2. The molecule has 5 atom stereocenters. The Labute approximate surface area is 176 Å². The molecule has 4 aliphatic rings. The van der Waals surface area contributed by atoms with Crippen molar-refractivity contribution >= 4 is 30.2 Å². The Bertz CT molecular complexity index is 1150. The van der Waals surface area contributed by atoms with Gasteiger partial charge in [-0.1, -0.05) is 47.5 Å². The van der Waals surface area contributed by atoms with Gasteiger partial charge in [-0.3, -0.25) is 14.2 Å². The summed E-state index contributed by atoms with van der Waals surface area (Å²) < 4.78 is 20.7. The van der Waals surface area contributed by atoms with E-state index in [1.54, 1.807) is 24.3 Å². The number of hydrogen-bond acceptors (Lipinski definition) is 4. The van der Waals surface area contributed by atoms with Crippen molar-refractivity contribution in [3.05, 3.63) is 70.8 Å². The summed E-state index contributed by atoms with van der Waals surface area (Å²) in [7, 11) is -3.40. The van der Waals surface area contributed by atoms with Crippen LogP contribution in [0.3, 0.4) is 0 Å². The molecule has 30 heavy (non-hydrogen) atoms. The van der Waals surface area contributed by atoms with Crippen LogP contribution in [0.25, 0.3) is 0 Å². The van der Waals surface area contributed by atoms with E-state index < -0.39 is 31.0 Å². The molecule has 2 aromatic carbocycles. The molecule has 1 unspecified atom stereocenters. The lowest BCUT2D eigenvalue weighted by Gasteiger charge is -2.46. The molecule has 0 spiro atoms. The highest BCUT2D eigenvalue weighted by atomic mass is 31.2. The number of carbonyl (C=O) groups excluding carboxylic acids is 2. The molecule has 2 fully saturated rings. The molecular weight excluding hydrogens is 397 g/mol. The summed E-state index contributed by atoms with van der Waals surface area (Å²) in [6.07, 6.45) is 1.23. The van der Waals surface area contributed by atoms with Crippen molar-refractivity contribution in [2.75, 3.05) is 4.90 Å². The van der Waals surface area contributed by atoms with Crippen LogP contribution < -0.4 is 10.2 Å². The molecule has 6 heteroatoms. The van der Waals surface area contributed by atoms with Crippen LogP contribution in [0.4, 0.5) is 5.69 Å². The number of para-hydroxylation sites is 1. The zero-order chi connectivity index (χ0) is 21.4. The minimum Gasteiger partial charge on any atom is -0.316 e. The number of benzene rings is 2. The summed E-state index contributed by atoms with van der Waals surface area (Å²) in [4.78, 5) is 28.1. The lowest BCUT2D eigenvalue weighted by Crippen LogP contribution is -2.50. The molecule has 0 saturated carbocycles. The van der Waals surface area contributed by atoms with E-state index in [2.05, 4.69) is 0 Å². The molecule has 6 rings (SSSR count). The lowest BCUT2D eigenvalue weighted by molar-refractivity contribution is -0.123. The van der Waals surface area contributed by atoms with Crippen LogP contribution in [0.2, 0.25) is 0 Å². The monoisotopic (exact) mass is 421 g/mol. The Morgan fingerprint density at radius 2 is 1.50 bits per heavy atom. The van der Waals surface area contributed by atoms with Crippen LogP contribution in [0.1, 0.15) is 23.6 Å². The number of rotatable bonds is 2. The molecule has 0 aromatic heterocycles. The number of hydrogen-bond donors (Lipinski definition) is 0. The zero-order valence-electron chi connectivity index (χ0n) is 17.5. The van der Waals surface area contributed by atoms with Crippen molar-refractivity contribution in [3.63, 3.8) is 0 Å². The van der Waals surface area contributed by atoms with Crippen molar-refractivity contribution in [1.29, 1.82) is 0 Å². The number of imide groups is 1. The van der Waals surface area contributed by atoms with Gasteiger partial charge in [-0.25, -0.2) is 4.90 Å². The maximum atomic E-state index is 14.5. The number of anilines is 1.